The molecule has 6 N–H and O–H groups in total. The average molecular weight is 589 g/mol. The van der Waals surface area contributed by atoms with E-state index in [4.69, 9.17) is 5.73 Å². The summed E-state index contributed by atoms with van der Waals surface area (Å²) in [6.45, 7) is 3.07. The van der Waals surface area contributed by atoms with Crippen LogP contribution in [0.4, 0.5) is 4.79 Å². The number of fused-ring (bicyclic) bond motifs is 1. The number of carboxylic acids is 1. The second-order valence-corrected chi connectivity index (χ2v) is 11.9. The first kappa shape index (κ1) is 31.6. The summed E-state index contributed by atoms with van der Waals surface area (Å²) in [5.41, 5.74) is 6.32. The summed E-state index contributed by atoms with van der Waals surface area (Å²) < 4.78 is 12.5. The third-order valence-electron chi connectivity index (χ3n) is 6.65. The van der Waals surface area contributed by atoms with Crippen LogP contribution in [0.25, 0.3) is 0 Å². The van der Waals surface area contributed by atoms with E-state index in [1.165, 1.54) is 12.1 Å². The van der Waals surface area contributed by atoms with Crippen molar-refractivity contribution in [3.05, 3.63) is 71.3 Å². The van der Waals surface area contributed by atoms with E-state index in [0.717, 1.165) is 4.90 Å². The lowest BCUT2D eigenvalue weighted by Crippen LogP contribution is -2.59. The highest BCUT2D eigenvalue weighted by molar-refractivity contribution is 7.52. The molecule has 0 spiro atoms. The minimum absolute atomic E-state index is 0.0379. The van der Waals surface area contributed by atoms with Gasteiger partial charge in [0.25, 0.3) is 11.8 Å². The summed E-state index contributed by atoms with van der Waals surface area (Å²) in [5, 5.41) is 12.5. The van der Waals surface area contributed by atoms with Gasteiger partial charge in [0.15, 0.2) is 0 Å². The van der Waals surface area contributed by atoms with E-state index in [-0.39, 0.29) is 36.4 Å². The molecule has 3 rings (SSSR count). The molecule has 0 saturated carbocycles. The molecule has 3 atom stereocenters. The maximum Gasteiger partial charge on any atom is 0.342 e. The number of nitrogens with zero attached hydrogens (tertiary/aromatic N) is 2. The zero-order chi connectivity index (χ0) is 30.5. The Hall–Kier alpha value is -3.90. The summed E-state index contributed by atoms with van der Waals surface area (Å²) >= 11 is 0. The van der Waals surface area contributed by atoms with Gasteiger partial charge in [-0.3, -0.25) is 29.2 Å². The van der Waals surface area contributed by atoms with Gasteiger partial charge < -0.3 is 20.6 Å². The summed E-state index contributed by atoms with van der Waals surface area (Å²) in [4.78, 5) is 85.2. The van der Waals surface area contributed by atoms with Crippen molar-refractivity contribution in [1.29, 1.82) is 0 Å². The number of nitrogens with two attached hydrogens (primary N) is 1. The van der Waals surface area contributed by atoms with Gasteiger partial charge in [-0.25, -0.2) is 14.5 Å². The van der Waals surface area contributed by atoms with Crippen molar-refractivity contribution in [3.8, 4) is 0 Å². The normalized spacial score (nSPS) is 15.4. The van der Waals surface area contributed by atoms with E-state index in [9.17, 15) is 43.4 Å². The first-order valence-electron chi connectivity index (χ1n) is 12.9. The molecule has 0 radical (unpaired) electrons. The van der Waals surface area contributed by atoms with Crippen LogP contribution in [0.2, 0.25) is 0 Å². The number of carbonyl (C=O) groups excluding carboxylic acids is 4. The molecule has 5 amide bonds. The van der Waals surface area contributed by atoms with Gasteiger partial charge in [0.05, 0.1) is 17.2 Å². The van der Waals surface area contributed by atoms with E-state index in [2.05, 4.69) is 5.32 Å². The van der Waals surface area contributed by atoms with Crippen LogP contribution >= 0.6 is 7.60 Å². The van der Waals surface area contributed by atoms with Gasteiger partial charge in [-0.1, -0.05) is 56.3 Å². The zero-order valence-electron chi connectivity index (χ0n) is 22.5. The average Bonchev–Trinajstić information content (AvgIpc) is 3.14. The maximum atomic E-state index is 13.7. The van der Waals surface area contributed by atoms with Crippen molar-refractivity contribution < 1.29 is 43.4 Å². The standard InChI is InChI=1S/C27H33N4O9P/c1-16(2)14-20(25(34)31(27(28)37)21(26(35)36)15-17-8-4-3-5-9-17)29-22(41(38,39)40)12-13-30-23(32)18-10-6-7-11-19(18)24(30)33/h3-11,16,20-22,29H,12-15H2,1-2H3,(H2,28,37)(H,35,36)(H2,38,39,40)/t20-,21-,22?/m0/s1. The van der Waals surface area contributed by atoms with Crippen LogP contribution in [0.15, 0.2) is 54.6 Å². The third-order valence-corrected chi connectivity index (χ3v) is 7.87. The van der Waals surface area contributed by atoms with Crippen LogP contribution in [0, 0.1) is 5.92 Å². The minimum Gasteiger partial charge on any atom is -0.480 e. The number of carbonyl (C=O) groups is 5. The molecule has 1 heterocycles. The first-order chi connectivity index (χ1) is 19.2. The maximum absolute atomic E-state index is 13.7. The lowest BCUT2D eigenvalue weighted by Gasteiger charge is -2.33. The Morgan fingerprint density at radius 3 is 1.98 bits per heavy atom. The molecule has 0 bridgehead atoms. The number of imide groups is 2. The van der Waals surface area contributed by atoms with Crippen molar-refractivity contribution in [2.24, 2.45) is 11.7 Å². The molecular weight excluding hydrogens is 555 g/mol. The molecular formula is C27H33N4O9P. The fourth-order valence-corrected chi connectivity index (χ4v) is 5.52. The fourth-order valence-electron chi connectivity index (χ4n) is 4.70. The summed E-state index contributed by atoms with van der Waals surface area (Å²) in [6, 6.07) is 9.92. The number of hydrogen-bond acceptors (Lipinski definition) is 7. The summed E-state index contributed by atoms with van der Waals surface area (Å²) in [5.74, 6) is -5.76. The number of benzene rings is 2. The van der Waals surface area contributed by atoms with Gasteiger partial charge >= 0.3 is 19.6 Å². The van der Waals surface area contributed by atoms with E-state index in [1.807, 2.05) is 0 Å². The number of amides is 5. The Labute approximate surface area is 236 Å². The molecule has 220 valence electrons. The van der Waals surface area contributed by atoms with Gasteiger partial charge in [-0.15, -0.1) is 0 Å². The molecule has 0 fully saturated rings. The third kappa shape index (κ3) is 7.65. The van der Waals surface area contributed by atoms with Gasteiger partial charge in [0, 0.05) is 13.0 Å². The first-order valence-corrected chi connectivity index (χ1v) is 14.6. The van der Waals surface area contributed by atoms with Crippen molar-refractivity contribution in [1.82, 2.24) is 15.1 Å². The molecule has 0 saturated heterocycles. The van der Waals surface area contributed by atoms with Crippen molar-refractivity contribution in [2.45, 2.75) is 51.0 Å². The minimum atomic E-state index is -5.00. The molecule has 2 aromatic rings. The predicted molar refractivity (Wildman–Crippen MR) is 147 cm³/mol. The van der Waals surface area contributed by atoms with Gasteiger partial charge in [-0.2, -0.15) is 0 Å². The highest BCUT2D eigenvalue weighted by Gasteiger charge is 2.42. The van der Waals surface area contributed by atoms with Gasteiger partial charge in [-0.05, 0) is 36.5 Å². The van der Waals surface area contributed by atoms with Crippen LogP contribution in [0.3, 0.4) is 0 Å². The van der Waals surface area contributed by atoms with Crippen molar-refractivity contribution >= 4 is 37.3 Å². The number of aliphatic carboxylic acids is 1. The van der Waals surface area contributed by atoms with Crippen molar-refractivity contribution in [3.63, 3.8) is 0 Å². The SMILES string of the molecule is CC(C)C[C@H](NC(CCN1C(=O)c2ccccc2C1=O)P(=O)(O)O)C(=O)N(C(N)=O)[C@@H](Cc1ccccc1)C(=O)O. The molecule has 14 heteroatoms. The Kier molecular flexibility index (Phi) is 10.2. The molecule has 1 aliphatic heterocycles. The molecule has 1 aliphatic rings. The molecule has 1 unspecified atom stereocenters. The molecule has 0 aliphatic carbocycles. The van der Waals surface area contributed by atoms with E-state index < -0.39 is 61.6 Å². The largest absolute Gasteiger partial charge is 0.480 e. The molecule has 41 heavy (non-hydrogen) atoms. The number of rotatable bonds is 13. The van der Waals surface area contributed by atoms with Crippen LogP contribution in [0.5, 0.6) is 0 Å². The van der Waals surface area contributed by atoms with Gasteiger partial charge in [0.1, 0.15) is 11.8 Å². The lowest BCUT2D eigenvalue weighted by atomic mass is 10.00. The number of hydrogen-bond donors (Lipinski definition) is 5. The summed E-state index contributed by atoms with van der Waals surface area (Å²) in [7, 11) is -5.00. The van der Waals surface area contributed by atoms with Crippen LogP contribution in [-0.2, 0) is 20.6 Å². The van der Waals surface area contributed by atoms with Crippen LogP contribution in [0.1, 0.15) is 53.0 Å². The summed E-state index contributed by atoms with van der Waals surface area (Å²) in [6.07, 6.45) is -0.717. The number of urea groups is 1. The van der Waals surface area contributed by atoms with E-state index >= 15 is 0 Å². The monoisotopic (exact) mass is 588 g/mol. The number of carboxylic acid groups (broad SMARTS) is 1. The molecule has 2 aromatic carbocycles. The number of primary amides is 1. The Morgan fingerprint density at radius 1 is 0.976 bits per heavy atom. The highest BCUT2D eigenvalue weighted by atomic mass is 31.2. The molecule has 0 aromatic heterocycles. The highest BCUT2D eigenvalue weighted by Crippen LogP contribution is 2.42. The Balaban J connectivity index is 1.86. The van der Waals surface area contributed by atoms with Crippen LogP contribution in [-0.4, -0.2) is 78.8 Å². The Bertz CT molecular complexity index is 1330. The van der Waals surface area contributed by atoms with E-state index in [0.29, 0.717) is 10.5 Å². The van der Waals surface area contributed by atoms with Crippen molar-refractivity contribution in [2.75, 3.05) is 6.54 Å². The number of nitrogens with one attached hydrogen (secondary N) is 1. The lowest BCUT2D eigenvalue weighted by molar-refractivity contribution is -0.148. The van der Waals surface area contributed by atoms with Gasteiger partial charge in [0.2, 0.25) is 5.91 Å². The Morgan fingerprint density at radius 2 is 1.51 bits per heavy atom. The molecule has 13 nitrogen and oxygen atoms in total. The predicted octanol–water partition coefficient (Wildman–Crippen LogP) is 1.78. The quantitative estimate of drug-likeness (QED) is 0.169. The zero-order valence-corrected chi connectivity index (χ0v) is 23.4. The van der Waals surface area contributed by atoms with Crippen LogP contribution < -0.4 is 11.1 Å². The fraction of sp³-hybridized carbons (Fsp3) is 0.370. The second-order valence-electron chi connectivity index (χ2n) is 10.1. The van der Waals surface area contributed by atoms with E-state index in [1.54, 1.807) is 56.3 Å². The smallest absolute Gasteiger partial charge is 0.342 e. The second kappa shape index (κ2) is 13.2. The topological polar surface area (TPSA) is 208 Å².